The highest BCUT2D eigenvalue weighted by atomic mass is 32.2. The lowest BCUT2D eigenvalue weighted by atomic mass is 10.2. The fraction of sp³-hybridized carbons (Fsp3) is 0.308. The van der Waals surface area contributed by atoms with Gasteiger partial charge in [0.1, 0.15) is 5.75 Å². The quantitative estimate of drug-likeness (QED) is 0.730. The monoisotopic (exact) mass is 292 g/mol. The van der Waals surface area contributed by atoms with Crippen LogP contribution in [0.2, 0.25) is 0 Å². The Morgan fingerprint density at radius 2 is 2.25 bits per heavy atom. The molecule has 0 bridgehead atoms. The first-order chi connectivity index (χ1) is 9.61. The van der Waals surface area contributed by atoms with E-state index in [1.54, 1.807) is 7.11 Å². The van der Waals surface area contributed by atoms with E-state index in [0.717, 1.165) is 11.3 Å². The van der Waals surface area contributed by atoms with Crippen LogP contribution in [0.3, 0.4) is 0 Å². The Bertz CT molecular complexity index is 613. The Morgan fingerprint density at radius 3 is 2.95 bits per heavy atom. The van der Waals surface area contributed by atoms with E-state index in [2.05, 4.69) is 10.2 Å². The van der Waals surface area contributed by atoms with Crippen molar-refractivity contribution in [3.05, 3.63) is 24.3 Å². The van der Waals surface area contributed by atoms with Crippen LogP contribution >= 0.6 is 11.8 Å². The summed E-state index contributed by atoms with van der Waals surface area (Å²) in [7, 11) is 3.45. The summed E-state index contributed by atoms with van der Waals surface area (Å²) in [6.45, 7) is 0. The van der Waals surface area contributed by atoms with Crippen LogP contribution in [0.4, 0.5) is 0 Å². The minimum absolute atomic E-state index is 0.00792. The summed E-state index contributed by atoms with van der Waals surface area (Å²) < 4.78 is 7.01. The summed E-state index contributed by atoms with van der Waals surface area (Å²) in [5.41, 5.74) is 0.895. The second kappa shape index (κ2) is 6.42. The zero-order chi connectivity index (χ0) is 14.5. The molecule has 0 unspecified atom stereocenters. The van der Waals surface area contributed by atoms with Crippen molar-refractivity contribution in [2.24, 2.45) is 7.05 Å². The lowest BCUT2D eigenvalue weighted by Gasteiger charge is -2.05. The molecule has 1 aromatic heterocycles. The number of hydrogen-bond donors (Lipinski definition) is 0. The van der Waals surface area contributed by atoms with Gasteiger partial charge in [0.2, 0.25) is 0 Å². The molecular weight excluding hydrogens is 278 g/mol. The number of ether oxygens (including phenoxy) is 1. The topological polar surface area (TPSA) is 80.1 Å². The molecule has 7 heteroatoms. The molecule has 1 aromatic carbocycles. The van der Waals surface area contributed by atoms with Gasteiger partial charge in [-0.2, -0.15) is 0 Å². The highest BCUT2D eigenvalue weighted by molar-refractivity contribution is 7.99. The van der Waals surface area contributed by atoms with Crippen molar-refractivity contribution in [1.82, 2.24) is 14.8 Å². The van der Waals surface area contributed by atoms with E-state index in [1.807, 2.05) is 35.9 Å². The molecule has 0 spiro atoms. The van der Waals surface area contributed by atoms with Crippen LogP contribution in [0, 0.1) is 0 Å². The summed E-state index contributed by atoms with van der Waals surface area (Å²) in [6, 6.07) is 7.53. The number of benzene rings is 1. The molecule has 20 heavy (non-hydrogen) atoms. The molecule has 0 radical (unpaired) electrons. The third-order valence-corrected chi connectivity index (χ3v) is 3.72. The van der Waals surface area contributed by atoms with Crippen molar-refractivity contribution in [3.63, 3.8) is 0 Å². The van der Waals surface area contributed by atoms with Gasteiger partial charge in [0.05, 0.1) is 7.11 Å². The van der Waals surface area contributed by atoms with Crippen molar-refractivity contribution in [2.45, 2.75) is 11.6 Å². The van der Waals surface area contributed by atoms with E-state index in [1.165, 1.54) is 11.8 Å². The Labute approximate surface area is 120 Å². The standard InChI is InChI=1S/C13H15N3O3S/c1-16-12(9-4-3-5-10(8-9)19-2)14-15-13(16)20-7-6-11(17)18/h3-5,8H,6-7H2,1-2H3,(H,17,18)/p-1. The number of carbonyl (C=O) groups is 1. The van der Waals surface area contributed by atoms with E-state index in [4.69, 9.17) is 4.74 Å². The summed E-state index contributed by atoms with van der Waals surface area (Å²) in [4.78, 5) is 10.4. The lowest BCUT2D eigenvalue weighted by molar-refractivity contribution is -0.305. The molecule has 2 rings (SSSR count). The molecule has 0 atom stereocenters. The largest absolute Gasteiger partial charge is 0.550 e. The molecule has 2 aromatic rings. The molecule has 1 heterocycles. The van der Waals surface area contributed by atoms with Crippen molar-refractivity contribution in [1.29, 1.82) is 0 Å². The predicted octanol–water partition coefficient (Wildman–Crippen LogP) is 0.723. The second-order valence-corrected chi connectivity index (χ2v) is 5.13. The van der Waals surface area contributed by atoms with Gasteiger partial charge in [0.25, 0.3) is 0 Å². The van der Waals surface area contributed by atoms with Gasteiger partial charge in [0, 0.05) is 24.3 Å². The number of aliphatic carboxylic acids is 1. The zero-order valence-corrected chi connectivity index (χ0v) is 12.0. The first-order valence-corrected chi connectivity index (χ1v) is 6.97. The maximum atomic E-state index is 10.4. The van der Waals surface area contributed by atoms with E-state index in [0.29, 0.717) is 16.7 Å². The van der Waals surface area contributed by atoms with Crippen LogP contribution in [0.15, 0.2) is 29.4 Å². The van der Waals surface area contributed by atoms with Crippen LogP contribution in [0.5, 0.6) is 5.75 Å². The minimum atomic E-state index is -1.06. The zero-order valence-electron chi connectivity index (χ0n) is 11.2. The first kappa shape index (κ1) is 14.4. The molecule has 6 nitrogen and oxygen atoms in total. The Hall–Kier alpha value is -2.02. The van der Waals surface area contributed by atoms with Gasteiger partial charge in [-0.25, -0.2) is 0 Å². The summed E-state index contributed by atoms with van der Waals surface area (Å²) in [5.74, 6) is 0.802. The third-order valence-electron chi connectivity index (χ3n) is 2.70. The highest BCUT2D eigenvalue weighted by Gasteiger charge is 2.11. The van der Waals surface area contributed by atoms with Crippen LogP contribution in [-0.2, 0) is 11.8 Å². The van der Waals surface area contributed by atoms with Gasteiger partial charge in [0.15, 0.2) is 11.0 Å². The molecule has 0 aliphatic carbocycles. The average Bonchev–Trinajstić information content (AvgIpc) is 2.80. The van der Waals surface area contributed by atoms with Crippen molar-refractivity contribution in [3.8, 4) is 17.1 Å². The van der Waals surface area contributed by atoms with Crippen molar-refractivity contribution in [2.75, 3.05) is 12.9 Å². The first-order valence-electron chi connectivity index (χ1n) is 5.98. The third kappa shape index (κ3) is 3.30. The van der Waals surface area contributed by atoms with E-state index in [9.17, 15) is 9.90 Å². The number of hydrogen-bond acceptors (Lipinski definition) is 6. The Morgan fingerprint density at radius 1 is 1.45 bits per heavy atom. The molecule has 0 aliphatic rings. The molecule has 0 saturated heterocycles. The number of aromatic nitrogens is 3. The SMILES string of the molecule is COc1cccc(-c2nnc(SCCC(=O)[O-])n2C)c1. The summed E-state index contributed by atoms with van der Waals surface area (Å²) in [6.07, 6.45) is -0.00792. The number of nitrogens with zero attached hydrogens (tertiary/aromatic N) is 3. The number of thioether (sulfide) groups is 1. The van der Waals surface area contributed by atoms with Crippen LogP contribution in [-0.4, -0.2) is 33.6 Å². The summed E-state index contributed by atoms with van der Waals surface area (Å²) in [5, 5.41) is 19.3. The van der Waals surface area contributed by atoms with E-state index in [-0.39, 0.29) is 6.42 Å². The number of carboxylic acid groups (broad SMARTS) is 1. The molecule has 106 valence electrons. The van der Waals surface area contributed by atoms with Crippen LogP contribution in [0.1, 0.15) is 6.42 Å². The van der Waals surface area contributed by atoms with Crippen molar-refractivity contribution >= 4 is 17.7 Å². The van der Waals surface area contributed by atoms with Crippen LogP contribution in [0.25, 0.3) is 11.4 Å². The van der Waals surface area contributed by atoms with E-state index < -0.39 is 5.97 Å². The summed E-state index contributed by atoms with van der Waals surface area (Å²) >= 11 is 1.34. The number of methoxy groups -OCH3 is 1. The van der Waals surface area contributed by atoms with Crippen LogP contribution < -0.4 is 9.84 Å². The van der Waals surface area contributed by atoms with Gasteiger partial charge in [-0.3, -0.25) is 0 Å². The highest BCUT2D eigenvalue weighted by Crippen LogP contribution is 2.25. The Balaban J connectivity index is 2.17. The van der Waals surface area contributed by atoms with Gasteiger partial charge in [-0.15, -0.1) is 10.2 Å². The number of rotatable bonds is 6. The fourth-order valence-corrected chi connectivity index (χ4v) is 2.51. The number of carbonyl (C=O) groups excluding carboxylic acids is 1. The average molecular weight is 292 g/mol. The normalized spacial score (nSPS) is 10.5. The maximum absolute atomic E-state index is 10.4. The van der Waals surface area contributed by atoms with Gasteiger partial charge in [-0.05, 0) is 18.6 Å². The lowest BCUT2D eigenvalue weighted by Crippen LogP contribution is -2.22. The maximum Gasteiger partial charge on any atom is 0.191 e. The molecule has 0 saturated carbocycles. The minimum Gasteiger partial charge on any atom is -0.550 e. The van der Waals surface area contributed by atoms with Gasteiger partial charge in [-0.1, -0.05) is 23.9 Å². The fourth-order valence-electron chi connectivity index (χ4n) is 1.68. The number of carboxylic acids is 1. The van der Waals surface area contributed by atoms with E-state index >= 15 is 0 Å². The molecule has 0 fully saturated rings. The predicted molar refractivity (Wildman–Crippen MR) is 73.3 cm³/mol. The molecule has 0 N–H and O–H groups in total. The molecular formula is C13H14N3O3S-. The van der Waals surface area contributed by atoms with Gasteiger partial charge < -0.3 is 19.2 Å². The van der Waals surface area contributed by atoms with Gasteiger partial charge >= 0.3 is 0 Å². The molecule has 0 amide bonds. The Kier molecular flexibility index (Phi) is 4.62. The van der Waals surface area contributed by atoms with Crippen molar-refractivity contribution < 1.29 is 14.6 Å². The molecule has 0 aliphatic heterocycles. The smallest absolute Gasteiger partial charge is 0.191 e. The second-order valence-electron chi connectivity index (χ2n) is 4.07.